The van der Waals surface area contributed by atoms with Gasteiger partial charge in [0.1, 0.15) is 5.58 Å². The Balaban J connectivity index is 1.79. The molecule has 1 unspecified atom stereocenters. The van der Waals surface area contributed by atoms with Crippen molar-refractivity contribution < 1.29 is 19.1 Å². The number of nitrogens with one attached hydrogen (secondary N) is 1. The van der Waals surface area contributed by atoms with Crippen molar-refractivity contribution in [2.45, 2.75) is 24.9 Å². The van der Waals surface area contributed by atoms with Gasteiger partial charge in [0.2, 0.25) is 5.91 Å². The van der Waals surface area contributed by atoms with Gasteiger partial charge in [-0.3, -0.25) is 9.59 Å². The number of rotatable bonds is 3. The summed E-state index contributed by atoms with van der Waals surface area (Å²) in [6.45, 7) is 0.629. The molecule has 2 aromatic rings. The van der Waals surface area contributed by atoms with Crippen LogP contribution in [0, 0.1) is 0 Å². The van der Waals surface area contributed by atoms with Gasteiger partial charge in [-0.05, 0) is 37.1 Å². The molecule has 1 aliphatic heterocycles. The SMILES string of the molecule is CNC(=O)CC1(O)CCCN(C(=O)c2cc3cc(Cl)ccc3o2)C1. The van der Waals surface area contributed by atoms with Crippen molar-refractivity contribution in [1.82, 2.24) is 10.2 Å². The van der Waals surface area contributed by atoms with Crippen molar-refractivity contribution in [3.05, 3.63) is 35.0 Å². The molecule has 2 heterocycles. The largest absolute Gasteiger partial charge is 0.451 e. The number of β-amino-alcohol motifs (C(OH)–C–C–N with tert-alkyl or cyclic N) is 1. The quantitative estimate of drug-likeness (QED) is 0.889. The molecule has 1 aromatic carbocycles. The van der Waals surface area contributed by atoms with Crippen molar-refractivity contribution in [2.75, 3.05) is 20.1 Å². The minimum Gasteiger partial charge on any atom is -0.451 e. The van der Waals surface area contributed by atoms with Crippen LogP contribution in [-0.4, -0.2) is 47.6 Å². The molecular formula is C17H19ClN2O4. The molecule has 1 atom stereocenters. The first-order valence-electron chi connectivity index (χ1n) is 7.81. The van der Waals surface area contributed by atoms with Gasteiger partial charge in [0, 0.05) is 24.0 Å². The molecule has 128 valence electrons. The van der Waals surface area contributed by atoms with E-state index in [4.69, 9.17) is 16.0 Å². The van der Waals surface area contributed by atoms with Crippen LogP contribution >= 0.6 is 11.6 Å². The van der Waals surface area contributed by atoms with E-state index in [1.165, 1.54) is 11.9 Å². The highest BCUT2D eigenvalue weighted by Gasteiger charge is 2.37. The molecular weight excluding hydrogens is 332 g/mol. The molecule has 6 nitrogen and oxygen atoms in total. The normalized spacial score (nSPS) is 21.0. The van der Waals surface area contributed by atoms with Gasteiger partial charge in [-0.1, -0.05) is 11.6 Å². The number of nitrogens with zero attached hydrogens (tertiary/aromatic N) is 1. The zero-order chi connectivity index (χ0) is 17.3. The summed E-state index contributed by atoms with van der Waals surface area (Å²) in [6, 6.07) is 6.79. The Hall–Kier alpha value is -2.05. The maximum absolute atomic E-state index is 12.7. The number of amides is 2. The third-order valence-corrected chi connectivity index (χ3v) is 4.54. The monoisotopic (exact) mass is 350 g/mol. The lowest BCUT2D eigenvalue weighted by Crippen LogP contribution is -2.52. The standard InChI is InChI=1S/C17H19ClN2O4/c1-19-15(21)9-17(23)5-2-6-20(10-17)16(22)14-8-11-7-12(18)3-4-13(11)24-14/h3-4,7-8,23H,2,5-6,9-10H2,1H3,(H,19,21). The Kier molecular flexibility index (Phi) is 4.51. The smallest absolute Gasteiger partial charge is 0.289 e. The van der Waals surface area contributed by atoms with Crippen molar-refractivity contribution in [3.63, 3.8) is 0 Å². The molecule has 0 bridgehead atoms. The number of likely N-dealkylation sites (tertiary alicyclic amines) is 1. The number of hydrogen-bond donors (Lipinski definition) is 2. The second kappa shape index (κ2) is 6.45. The third-order valence-electron chi connectivity index (χ3n) is 4.30. The lowest BCUT2D eigenvalue weighted by Gasteiger charge is -2.38. The summed E-state index contributed by atoms with van der Waals surface area (Å²) in [6.07, 6.45) is 1.09. The fraction of sp³-hybridized carbons (Fsp3) is 0.412. The minimum absolute atomic E-state index is 0.0248. The number of benzene rings is 1. The summed E-state index contributed by atoms with van der Waals surface area (Å²) in [7, 11) is 1.52. The number of aliphatic hydroxyl groups is 1. The zero-order valence-electron chi connectivity index (χ0n) is 13.3. The van der Waals surface area contributed by atoms with Gasteiger partial charge in [0.05, 0.1) is 18.6 Å². The van der Waals surface area contributed by atoms with E-state index < -0.39 is 5.60 Å². The topological polar surface area (TPSA) is 82.8 Å². The fourth-order valence-electron chi connectivity index (χ4n) is 3.09. The second-order valence-corrected chi connectivity index (χ2v) is 6.63. The maximum atomic E-state index is 12.7. The molecule has 1 aromatic heterocycles. The fourth-order valence-corrected chi connectivity index (χ4v) is 3.27. The van der Waals surface area contributed by atoms with Crippen LogP contribution in [0.15, 0.2) is 28.7 Å². The molecule has 0 saturated carbocycles. The van der Waals surface area contributed by atoms with Crippen LogP contribution in [0.3, 0.4) is 0 Å². The van der Waals surface area contributed by atoms with Crippen molar-refractivity contribution in [3.8, 4) is 0 Å². The van der Waals surface area contributed by atoms with Crippen molar-refractivity contribution in [1.29, 1.82) is 0 Å². The van der Waals surface area contributed by atoms with Gasteiger partial charge in [0.25, 0.3) is 5.91 Å². The Morgan fingerprint density at radius 2 is 2.21 bits per heavy atom. The number of halogens is 1. The first-order chi connectivity index (χ1) is 11.4. The average molecular weight is 351 g/mol. The van der Waals surface area contributed by atoms with Gasteiger partial charge < -0.3 is 19.7 Å². The molecule has 0 aliphatic carbocycles. The van der Waals surface area contributed by atoms with Crippen molar-refractivity contribution >= 4 is 34.4 Å². The summed E-state index contributed by atoms with van der Waals surface area (Å²) in [5.74, 6) is -0.334. The van der Waals surface area contributed by atoms with Crippen LogP contribution in [0.5, 0.6) is 0 Å². The predicted octanol–water partition coefficient (Wildman–Crippen LogP) is 2.19. The van der Waals surface area contributed by atoms with Crippen LogP contribution in [0.1, 0.15) is 29.8 Å². The molecule has 7 heteroatoms. The van der Waals surface area contributed by atoms with E-state index in [9.17, 15) is 14.7 Å². The van der Waals surface area contributed by atoms with Gasteiger partial charge in [0.15, 0.2) is 5.76 Å². The molecule has 1 aliphatic rings. The molecule has 1 fully saturated rings. The summed E-state index contributed by atoms with van der Waals surface area (Å²) < 4.78 is 5.60. The van der Waals surface area contributed by atoms with E-state index in [2.05, 4.69) is 5.32 Å². The van der Waals surface area contributed by atoms with Crippen LogP contribution < -0.4 is 5.32 Å². The van der Waals surface area contributed by atoms with Gasteiger partial charge in [-0.15, -0.1) is 0 Å². The molecule has 2 amide bonds. The number of piperidine rings is 1. The summed E-state index contributed by atoms with van der Waals surface area (Å²) >= 11 is 5.95. The number of fused-ring (bicyclic) bond motifs is 1. The van der Waals surface area contributed by atoms with E-state index in [1.807, 2.05) is 0 Å². The molecule has 1 saturated heterocycles. The highest BCUT2D eigenvalue weighted by molar-refractivity contribution is 6.31. The number of hydrogen-bond acceptors (Lipinski definition) is 4. The van der Waals surface area contributed by atoms with Crippen LogP contribution in [-0.2, 0) is 4.79 Å². The Bertz CT molecular complexity index is 788. The summed E-state index contributed by atoms with van der Waals surface area (Å²) in [5.41, 5.74) is -0.621. The van der Waals surface area contributed by atoms with Gasteiger partial charge >= 0.3 is 0 Å². The van der Waals surface area contributed by atoms with Crippen LogP contribution in [0.25, 0.3) is 11.0 Å². The molecule has 0 radical (unpaired) electrons. The number of carbonyl (C=O) groups excluding carboxylic acids is 2. The summed E-state index contributed by atoms with van der Waals surface area (Å²) in [4.78, 5) is 25.8. The number of furan rings is 1. The minimum atomic E-state index is -1.21. The highest BCUT2D eigenvalue weighted by Crippen LogP contribution is 2.28. The predicted molar refractivity (Wildman–Crippen MR) is 90.0 cm³/mol. The summed E-state index contributed by atoms with van der Waals surface area (Å²) in [5, 5.41) is 14.4. The molecule has 3 rings (SSSR count). The highest BCUT2D eigenvalue weighted by atomic mass is 35.5. The van der Waals surface area contributed by atoms with E-state index >= 15 is 0 Å². The third kappa shape index (κ3) is 3.39. The maximum Gasteiger partial charge on any atom is 0.289 e. The molecule has 0 spiro atoms. The molecule has 2 N–H and O–H groups in total. The van der Waals surface area contributed by atoms with Crippen LogP contribution in [0.2, 0.25) is 5.02 Å². The van der Waals surface area contributed by atoms with Crippen LogP contribution in [0.4, 0.5) is 0 Å². The second-order valence-electron chi connectivity index (χ2n) is 6.20. The van der Waals surface area contributed by atoms with Crippen molar-refractivity contribution in [2.24, 2.45) is 0 Å². The Morgan fingerprint density at radius 1 is 1.42 bits per heavy atom. The lowest BCUT2D eigenvalue weighted by molar-refractivity contribution is -0.127. The van der Waals surface area contributed by atoms with Gasteiger partial charge in [-0.25, -0.2) is 0 Å². The van der Waals surface area contributed by atoms with Gasteiger partial charge in [-0.2, -0.15) is 0 Å². The lowest BCUT2D eigenvalue weighted by atomic mass is 9.89. The molecule has 24 heavy (non-hydrogen) atoms. The van der Waals surface area contributed by atoms with E-state index in [-0.39, 0.29) is 30.5 Å². The Morgan fingerprint density at radius 3 is 2.96 bits per heavy atom. The zero-order valence-corrected chi connectivity index (χ0v) is 14.1. The first kappa shape index (κ1) is 16.8. The average Bonchev–Trinajstić information content (AvgIpc) is 2.96. The van der Waals surface area contributed by atoms with E-state index in [1.54, 1.807) is 24.3 Å². The Labute approximate surface area is 144 Å². The first-order valence-corrected chi connectivity index (χ1v) is 8.19. The van der Waals surface area contributed by atoms with E-state index in [0.717, 1.165) is 5.39 Å². The number of carbonyl (C=O) groups is 2. The van der Waals surface area contributed by atoms with E-state index in [0.29, 0.717) is 30.0 Å².